The average Bonchev–Trinajstić information content (AvgIpc) is 2.66. The quantitative estimate of drug-likeness (QED) is 0.825. The van der Waals surface area contributed by atoms with E-state index < -0.39 is 0 Å². The fraction of sp³-hybridized carbons (Fsp3) is 0.533. The molecule has 1 atom stereocenters. The zero-order chi connectivity index (χ0) is 14.0. The largest absolute Gasteiger partial charge is 0.342 e. The van der Waals surface area contributed by atoms with E-state index in [4.69, 9.17) is 12.2 Å². The number of hydrogen-bond donors (Lipinski definition) is 2. The molecule has 4 heteroatoms. The summed E-state index contributed by atoms with van der Waals surface area (Å²) in [6, 6.07) is 6.41. The molecule has 1 fully saturated rings. The number of hydrazine groups is 1. The molecular formula is C15H23N3S. The lowest BCUT2D eigenvalue weighted by Gasteiger charge is -2.25. The minimum absolute atomic E-state index is 0.133. The minimum Gasteiger partial charge on any atom is -0.342 e. The highest BCUT2D eigenvalue weighted by Gasteiger charge is 2.35. The number of nitrogens with zero attached hydrogens (tertiary/aromatic N) is 1. The molecule has 0 amide bonds. The molecule has 0 bridgehead atoms. The summed E-state index contributed by atoms with van der Waals surface area (Å²) >= 11 is 5.45. The van der Waals surface area contributed by atoms with Crippen molar-refractivity contribution in [3.63, 3.8) is 0 Å². The SMILES string of the molecule is CCCCC1(C)NC(=S)N(c2ccc(C)c(C)c2)N1. The number of hydrogen-bond acceptors (Lipinski definition) is 2. The molecule has 0 radical (unpaired) electrons. The van der Waals surface area contributed by atoms with Gasteiger partial charge in [0.1, 0.15) is 5.66 Å². The molecule has 0 spiro atoms. The van der Waals surface area contributed by atoms with Crippen LogP contribution >= 0.6 is 12.2 Å². The summed E-state index contributed by atoms with van der Waals surface area (Å²) in [5.41, 5.74) is 7.04. The van der Waals surface area contributed by atoms with Crippen LogP contribution in [-0.2, 0) is 0 Å². The summed E-state index contributed by atoms with van der Waals surface area (Å²) in [7, 11) is 0. The van der Waals surface area contributed by atoms with E-state index in [1.807, 2.05) is 5.01 Å². The number of unbranched alkanes of at least 4 members (excludes halogenated alkanes) is 1. The molecule has 1 aliphatic heterocycles. The average molecular weight is 277 g/mol. The summed E-state index contributed by atoms with van der Waals surface area (Å²) in [6.07, 6.45) is 3.43. The fourth-order valence-corrected chi connectivity index (χ4v) is 2.69. The zero-order valence-corrected chi connectivity index (χ0v) is 13.0. The van der Waals surface area contributed by atoms with Crippen molar-refractivity contribution in [3.05, 3.63) is 29.3 Å². The maximum atomic E-state index is 5.45. The van der Waals surface area contributed by atoms with E-state index in [2.05, 4.69) is 56.6 Å². The summed E-state index contributed by atoms with van der Waals surface area (Å²) in [5.74, 6) is 0. The lowest BCUT2D eigenvalue weighted by atomic mass is 10.1. The van der Waals surface area contributed by atoms with Gasteiger partial charge in [0.25, 0.3) is 0 Å². The van der Waals surface area contributed by atoms with Crippen LogP contribution in [0.3, 0.4) is 0 Å². The van der Waals surface area contributed by atoms with Crippen molar-refractivity contribution in [2.75, 3.05) is 5.01 Å². The lowest BCUT2D eigenvalue weighted by molar-refractivity contribution is 0.337. The van der Waals surface area contributed by atoms with Crippen LogP contribution in [0, 0.1) is 13.8 Å². The topological polar surface area (TPSA) is 27.3 Å². The van der Waals surface area contributed by atoms with Gasteiger partial charge in [0.2, 0.25) is 0 Å². The molecule has 19 heavy (non-hydrogen) atoms. The Hall–Kier alpha value is -1.13. The van der Waals surface area contributed by atoms with Crippen molar-refractivity contribution in [3.8, 4) is 0 Å². The molecule has 0 aromatic heterocycles. The standard InChI is InChI=1S/C15H23N3S/c1-5-6-9-15(4)16-14(19)18(17-15)13-8-7-11(2)12(3)10-13/h7-8,10,17H,5-6,9H2,1-4H3,(H,16,19). The van der Waals surface area contributed by atoms with E-state index in [0.717, 1.165) is 17.2 Å². The molecule has 0 aliphatic carbocycles. The third-order valence-corrected chi connectivity index (χ3v) is 4.01. The first-order valence-corrected chi connectivity index (χ1v) is 7.33. The monoisotopic (exact) mass is 277 g/mol. The van der Waals surface area contributed by atoms with Gasteiger partial charge >= 0.3 is 0 Å². The Morgan fingerprint density at radius 3 is 2.63 bits per heavy atom. The maximum absolute atomic E-state index is 5.45. The van der Waals surface area contributed by atoms with Crippen molar-refractivity contribution < 1.29 is 0 Å². The van der Waals surface area contributed by atoms with Crippen LogP contribution < -0.4 is 15.8 Å². The molecule has 1 heterocycles. The van der Waals surface area contributed by atoms with E-state index in [0.29, 0.717) is 0 Å². The first kappa shape index (κ1) is 14.3. The smallest absolute Gasteiger partial charge is 0.189 e. The van der Waals surface area contributed by atoms with Crippen molar-refractivity contribution in [2.24, 2.45) is 0 Å². The normalized spacial score (nSPS) is 22.7. The second-order valence-electron chi connectivity index (χ2n) is 5.58. The fourth-order valence-electron chi connectivity index (χ4n) is 2.31. The highest BCUT2D eigenvalue weighted by Crippen LogP contribution is 2.24. The molecule has 1 aliphatic rings. The molecule has 104 valence electrons. The predicted molar refractivity (Wildman–Crippen MR) is 85.2 cm³/mol. The van der Waals surface area contributed by atoms with Crippen LogP contribution in [-0.4, -0.2) is 10.8 Å². The minimum atomic E-state index is -0.133. The van der Waals surface area contributed by atoms with Crippen LogP contribution in [0.15, 0.2) is 18.2 Å². The number of benzene rings is 1. The van der Waals surface area contributed by atoms with Gasteiger partial charge in [0.15, 0.2) is 5.11 Å². The van der Waals surface area contributed by atoms with Gasteiger partial charge in [-0.05, 0) is 69.1 Å². The van der Waals surface area contributed by atoms with E-state index in [1.165, 1.54) is 24.0 Å². The van der Waals surface area contributed by atoms with Gasteiger partial charge in [-0.3, -0.25) is 5.01 Å². The van der Waals surface area contributed by atoms with Gasteiger partial charge < -0.3 is 5.32 Å². The highest BCUT2D eigenvalue weighted by molar-refractivity contribution is 7.80. The zero-order valence-electron chi connectivity index (χ0n) is 12.2. The second-order valence-corrected chi connectivity index (χ2v) is 5.97. The lowest BCUT2D eigenvalue weighted by Crippen LogP contribution is -2.48. The first-order valence-electron chi connectivity index (χ1n) is 6.92. The highest BCUT2D eigenvalue weighted by atomic mass is 32.1. The Balaban J connectivity index is 2.17. The van der Waals surface area contributed by atoms with Gasteiger partial charge in [-0.2, -0.15) is 0 Å². The molecule has 0 saturated carbocycles. The molecule has 3 nitrogen and oxygen atoms in total. The number of anilines is 1. The van der Waals surface area contributed by atoms with Crippen LogP contribution in [0.25, 0.3) is 0 Å². The van der Waals surface area contributed by atoms with Crippen molar-refractivity contribution in [1.29, 1.82) is 0 Å². The van der Waals surface area contributed by atoms with E-state index in [1.54, 1.807) is 0 Å². The van der Waals surface area contributed by atoms with Crippen LogP contribution in [0.2, 0.25) is 0 Å². The summed E-state index contributed by atoms with van der Waals surface area (Å²) in [6.45, 7) is 8.62. The second kappa shape index (κ2) is 5.47. The van der Waals surface area contributed by atoms with Crippen molar-refractivity contribution >= 4 is 23.0 Å². The number of aryl methyl sites for hydroxylation is 2. The summed E-state index contributed by atoms with van der Waals surface area (Å²) < 4.78 is 0. The Morgan fingerprint density at radius 2 is 2.00 bits per heavy atom. The van der Waals surface area contributed by atoms with Gasteiger partial charge in [-0.15, -0.1) is 0 Å². The third-order valence-electron chi connectivity index (χ3n) is 3.72. The molecule has 1 aromatic carbocycles. The predicted octanol–water partition coefficient (Wildman–Crippen LogP) is 3.41. The van der Waals surface area contributed by atoms with E-state index >= 15 is 0 Å². The molecule has 1 unspecified atom stereocenters. The first-order chi connectivity index (χ1) is 8.95. The Morgan fingerprint density at radius 1 is 1.26 bits per heavy atom. The van der Waals surface area contributed by atoms with Gasteiger partial charge in [0, 0.05) is 0 Å². The third kappa shape index (κ3) is 3.07. The molecule has 1 aromatic rings. The number of thiocarbonyl (C=S) groups is 1. The summed E-state index contributed by atoms with van der Waals surface area (Å²) in [5, 5.41) is 6.13. The maximum Gasteiger partial charge on any atom is 0.189 e. The Bertz CT molecular complexity index is 486. The van der Waals surface area contributed by atoms with Crippen LogP contribution in [0.5, 0.6) is 0 Å². The molecule has 1 saturated heterocycles. The molecular weight excluding hydrogens is 254 g/mol. The Labute approximate surface area is 121 Å². The van der Waals surface area contributed by atoms with Crippen molar-refractivity contribution in [1.82, 2.24) is 10.7 Å². The van der Waals surface area contributed by atoms with E-state index in [-0.39, 0.29) is 5.66 Å². The van der Waals surface area contributed by atoms with Gasteiger partial charge in [-0.1, -0.05) is 19.4 Å². The van der Waals surface area contributed by atoms with Crippen molar-refractivity contribution in [2.45, 2.75) is 52.6 Å². The number of rotatable bonds is 4. The van der Waals surface area contributed by atoms with Gasteiger partial charge in [-0.25, -0.2) is 5.43 Å². The van der Waals surface area contributed by atoms with Crippen LogP contribution in [0.1, 0.15) is 44.2 Å². The van der Waals surface area contributed by atoms with Crippen LogP contribution in [0.4, 0.5) is 5.69 Å². The molecule has 2 N–H and O–H groups in total. The Kier molecular flexibility index (Phi) is 4.11. The molecule has 2 rings (SSSR count). The van der Waals surface area contributed by atoms with E-state index in [9.17, 15) is 0 Å². The summed E-state index contributed by atoms with van der Waals surface area (Å²) in [4.78, 5) is 0. The van der Waals surface area contributed by atoms with Gasteiger partial charge in [0.05, 0.1) is 5.69 Å². The number of nitrogens with one attached hydrogen (secondary N) is 2.